The largest absolute Gasteiger partial charge is 0.302 e. The molecule has 0 spiro atoms. The zero-order valence-electron chi connectivity index (χ0n) is 11.4. The monoisotopic (exact) mass is 279 g/mol. The summed E-state index contributed by atoms with van der Waals surface area (Å²) in [5.74, 6) is 0.603. The predicted octanol–water partition coefficient (Wildman–Crippen LogP) is 5.17. The van der Waals surface area contributed by atoms with E-state index in [0.29, 0.717) is 18.0 Å². The molecule has 0 saturated heterocycles. The summed E-state index contributed by atoms with van der Waals surface area (Å²) in [6, 6.07) is 7.43. The van der Waals surface area contributed by atoms with Crippen molar-refractivity contribution >= 4 is 22.7 Å². The van der Waals surface area contributed by atoms with Gasteiger partial charge in [0.15, 0.2) is 0 Å². The van der Waals surface area contributed by atoms with Crippen LogP contribution in [0, 0.1) is 12.8 Å². The molecule has 2 aromatic rings. The van der Waals surface area contributed by atoms with Crippen molar-refractivity contribution in [3.8, 4) is 0 Å². The summed E-state index contributed by atoms with van der Waals surface area (Å²) in [5.41, 5.74) is 1.40. The molecule has 0 bridgehead atoms. The van der Waals surface area contributed by atoms with Gasteiger partial charge in [-0.1, -0.05) is 19.9 Å². The minimum absolute atomic E-state index is 0.416. The van der Waals surface area contributed by atoms with Crippen molar-refractivity contribution < 1.29 is 0 Å². The van der Waals surface area contributed by atoms with Crippen molar-refractivity contribution in [3.05, 3.63) is 44.3 Å². The number of hydrogen-bond acceptors (Lipinski definition) is 3. The first-order valence-corrected chi connectivity index (χ1v) is 8.19. The minimum atomic E-state index is 0.416. The van der Waals surface area contributed by atoms with Crippen molar-refractivity contribution in [2.24, 2.45) is 5.92 Å². The highest BCUT2D eigenvalue weighted by atomic mass is 32.1. The number of hydrogen-bond donors (Lipinski definition) is 1. The fourth-order valence-electron chi connectivity index (χ4n) is 2.24. The van der Waals surface area contributed by atoms with Crippen molar-refractivity contribution in [1.29, 1.82) is 0 Å². The second-order valence-corrected chi connectivity index (χ2v) is 7.02. The van der Waals surface area contributed by atoms with Crippen LogP contribution in [0.5, 0.6) is 0 Å². The van der Waals surface area contributed by atoms with Gasteiger partial charge in [-0.15, -0.1) is 22.7 Å². The molecular weight excluding hydrogens is 258 g/mol. The predicted molar refractivity (Wildman–Crippen MR) is 82.5 cm³/mol. The highest BCUT2D eigenvalue weighted by molar-refractivity contribution is 7.10. The van der Waals surface area contributed by atoms with Crippen LogP contribution >= 0.6 is 22.7 Å². The van der Waals surface area contributed by atoms with E-state index in [1.54, 1.807) is 0 Å². The van der Waals surface area contributed by atoms with E-state index >= 15 is 0 Å². The summed E-state index contributed by atoms with van der Waals surface area (Å²) in [5, 5.41) is 8.12. The van der Waals surface area contributed by atoms with Crippen molar-refractivity contribution in [1.82, 2.24) is 5.32 Å². The van der Waals surface area contributed by atoms with Crippen LogP contribution in [0.15, 0.2) is 29.0 Å². The Kier molecular flexibility index (Phi) is 4.60. The third-order valence-corrected chi connectivity index (χ3v) is 5.40. The average molecular weight is 279 g/mol. The van der Waals surface area contributed by atoms with Gasteiger partial charge < -0.3 is 5.32 Å². The van der Waals surface area contributed by atoms with Crippen molar-refractivity contribution in [2.75, 3.05) is 0 Å². The summed E-state index contributed by atoms with van der Waals surface area (Å²) in [4.78, 5) is 2.89. The molecule has 0 aliphatic carbocycles. The van der Waals surface area contributed by atoms with Gasteiger partial charge in [0.2, 0.25) is 0 Å². The Labute approximate surface area is 118 Å². The zero-order chi connectivity index (χ0) is 13.1. The van der Waals surface area contributed by atoms with E-state index < -0.39 is 0 Å². The third-order valence-electron chi connectivity index (χ3n) is 3.24. The van der Waals surface area contributed by atoms with Crippen LogP contribution in [-0.2, 0) is 0 Å². The highest BCUT2D eigenvalue weighted by Gasteiger charge is 2.20. The fraction of sp³-hybridized carbons (Fsp3) is 0.467. The summed E-state index contributed by atoms with van der Waals surface area (Å²) >= 11 is 3.69. The molecule has 2 rings (SSSR count). The lowest BCUT2D eigenvalue weighted by atomic mass is 10.0. The van der Waals surface area contributed by atoms with E-state index in [2.05, 4.69) is 62.0 Å². The number of rotatable bonds is 5. The first kappa shape index (κ1) is 13.8. The molecule has 98 valence electrons. The Morgan fingerprint density at radius 1 is 1.06 bits per heavy atom. The van der Waals surface area contributed by atoms with Crippen LogP contribution in [0.3, 0.4) is 0 Å². The van der Waals surface area contributed by atoms with Crippen LogP contribution in [-0.4, -0.2) is 0 Å². The molecule has 2 heterocycles. The van der Waals surface area contributed by atoms with E-state index in [1.807, 2.05) is 22.7 Å². The molecule has 3 heteroatoms. The molecule has 0 amide bonds. The van der Waals surface area contributed by atoms with E-state index in [9.17, 15) is 0 Å². The highest BCUT2D eigenvalue weighted by Crippen LogP contribution is 2.31. The molecule has 18 heavy (non-hydrogen) atoms. The fourth-order valence-corrected chi connectivity index (χ4v) is 4.15. The molecule has 2 atom stereocenters. The van der Waals surface area contributed by atoms with Gasteiger partial charge >= 0.3 is 0 Å². The summed E-state index contributed by atoms with van der Waals surface area (Å²) < 4.78 is 0. The zero-order valence-corrected chi connectivity index (χ0v) is 13.1. The first-order chi connectivity index (χ1) is 8.59. The molecule has 1 N–H and O–H groups in total. The quantitative estimate of drug-likeness (QED) is 0.796. The SMILES string of the molecule is Cc1ccsc1C(C)NC(c1cccs1)C(C)C. The number of nitrogens with one attached hydrogen (secondary N) is 1. The van der Waals surface area contributed by atoms with Crippen LogP contribution < -0.4 is 5.32 Å². The number of thiophene rings is 2. The standard InChI is InChI=1S/C15H21NS2/c1-10(2)14(13-6-5-8-17-13)16-12(4)15-11(3)7-9-18-15/h5-10,12,14,16H,1-4H3. The molecule has 0 saturated carbocycles. The molecule has 0 fully saturated rings. The molecule has 0 radical (unpaired) electrons. The lowest BCUT2D eigenvalue weighted by Gasteiger charge is -2.25. The van der Waals surface area contributed by atoms with Crippen molar-refractivity contribution in [2.45, 2.75) is 39.8 Å². The summed E-state index contributed by atoms with van der Waals surface area (Å²) in [7, 11) is 0. The maximum absolute atomic E-state index is 3.78. The lowest BCUT2D eigenvalue weighted by molar-refractivity contribution is 0.381. The van der Waals surface area contributed by atoms with Crippen LogP contribution in [0.2, 0.25) is 0 Å². The van der Waals surface area contributed by atoms with Gasteiger partial charge in [-0.2, -0.15) is 0 Å². The Balaban J connectivity index is 2.13. The smallest absolute Gasteiger partial charge is 0.0443 e. The normalized spacial score (nSPS) is 14.9. The minimum Gasteiger partial charge on any atom is -0.302 e. The van der Waals surface area contributed by atoms with E-state index in [0.717, 1.165) is 0 Å². The molecule has 2 unspecified atom stereocenters. The third kappa shape index (κ3) is 3.02. The van der Waals surface area contributed by atoms with E-state index in [4.69, 9.17) is 0 Å². The maximum atomic E-state index is 3.78. The molecule has 1 nitrogen and oxygen atoms in total. The van der Waals surface area contributed by atoms with E-state index in [-0.39, 0.29) is 0 Å². The van der Waals surface area contributed by atoms with Crippen molar-refractivity contribution in [3.63, 3.8) is 0 Å². The first-order valence-electron chi connectivity index (χ1n) is 6.43. The molecular formula is C15H21NS2. The molecule has 0 aromatic carbocycles. The Morgan fingerprint density at radius 2 is 1.83 bits per heavy atom. The molecule has 2 aromatic heterocycles. The van der Waals surface area contributed by atoms with Gasteiger partial charge in [0, 0.05) is 21.8 Å². The lowest BCUT2D eigenvalue weighted by Crippen LogP contribution is -2.27. The van der Waals surface area contributed by atoms with Gasteiger partial charge in [-0.3, -0.25) is 0 Å². The van der Waals surface area contributed by atoms with Crippen LogP contribution in [0.1, 0.15) is 48.2 Å². The van der Waals surface area contributed by atoms with Gasteiger partial charge in [0.05, 0.1) is 0 Å². The van der Waals surface area contributed by atoms with E-state index in [1.165, 1.54) is 15.3 Å². The second kappa shape index (κ2) is 6.00. The van der Waals surface area contributed by atoms with Gasteiger partial charge in [0.25, 0.3) is 0 Å². The summed E-state index contributed by atoms with van der Waals surface area (Å²) in [6.07, 6.45) is 0. The second-order valence-electron chi connectivity index (χ2n) is 5.09. The topological polar surface area (TPSA) is 12.0 Å². The average Bonchev–Trinajstić information content (AvgIpc) is 2.95. The van der Waals surface area contributed by atoms with Gasteiger partial charge in [-0.25, -0.2) is 0 Å². The van der Waals surface area contributed by atoms with Gasteiger partial charge in [0.1, 0.15) is 0 Å². The Bertz CT molecular complexity index is 470. The van der Waals surface area contributed by atoms with Gasteiger partial charge in [-0.05, 0) is 48.2 Å². The summed E-state index contributed by atoms with van der Waals surface area (Å²) in [6.45, 7) is 9.03. The van der Waals surface area contributed by atoms with Crippen LogP contribution in [0.25, 0.3) is 0 Å². The molecule has 0 aliphatic rings. The Hall–Kier alpha value is -0.640. The molecule has 0 aliphatic heterocycles. The maximum Gasteiger partial charge on any atom is 0.0443 e. The van der Waals surface area contributed by atoms with Crippen LogP contribution in [0.4, 0.5) is 0 Å². The number of aryl methyl sites for hydroxylation is 1. The Morgan fingerprint density at radius 3 is 2.33 bits per heavy atom.